The molecule has 0 spiro atoms. The number of hydrogen-bond acceptors (Lipinski definition) is 3. The first-order chi connectivity index (χ1) is 9.24. The minimum Gasteiger partial charge on any atom is -0.461 e. The molecular weight excluding hydrogens is 238 g/mol. The van der Waals surface area contributed by atoms with Crippen LogP contribution >= 0.6 is 0 Å². The highest BCUT2D eigenvalue weighted by Gasteiger charge is 2.37. The molecular formula is C16H23NO2. The molecule has 0 aromatic heterocycles. The maximum Gasteiger partial charge on any atom is 0.309 e. The lowest BCUT2D eigenvalue weighted by Crippen LogP contribution is -2.47. The van der Waals surface area contributed by atoms with Gasteiger partial charge in [0, 0.05) is 6.04 Å². The fourth-order valence-electron chi connectivity index (χ4n) is 2.66. The van der Waals surface area contributed by atoms with E-state index in [-0.39, 0.29) is 11.9 Å². The van der Waals surface area contributed by atoms with Gasteiger partial charge in [0.15, 0.2) is 0 Å². The zero-order valence-electron chi connectivity index (χ0n) is 11.8. The van der Waals surface area contributed by atoms with E-state index in [9.17, 15) is 4.79 Å². The number of benzene rings is 1. The van der Waals surface area contributed by atoms with E-state index >= 15 is 0 Å². The Balaban J connectivity index is 1.72. The standard InChI is InChI=1S/C16H23NO2/c1-3-17(4-2)15-10-14(11-15)16(18)19-12-13-8-6-5-7-9-13/h5-9,14-15H,3-4,10-12H2,1-2H3/t14-,15-. The highest BCUT2D eigenvalue weighted by atomic mass is 16.5. The molecule has 19 heavy (non-hydrogen) atoms. The van der Waals surface area contributed by atoms with Gasteiger partial charge in [0.2, 0.25) is 0 Å². The van der Waals surface area contributed by atoms with Crippen LogP contribution in [0.1, 0.15) is 32.3 Å². The van der Waals surface area contributed by atoms with Crippen LogP contribution < -0.4 is 0 Å². The number of nitrogens with zero attached hydrogens (tertiary/aromatic N) is 1. The molecule has 1 fully saturated rings. The summed E-state index contributed by atoms with van der Waals surface area (Å²) in [6, 6.07) is 10.4. The van der Waals surface area contributed by atoms with Crippen molar-refractivity contribution in [1.82, 2.24) is 4.90 Å². The topological polar surface area (TPSA) is 29.5 Å². The molecule has 3 heteroatoms. The molecule has 0 atom stereocenters. The molecule has 0 bridgehead atoms. The first-order valence-corrected chi connectivity index (χ1v) is 7.19. The highest BCUT2D eigenvalue weighted by Crippen LogP contribution is 2.32. The fraction of sp³-hybridized carbons (Fsp3) is 0.562. The lowest BCUT2D eigenvalue weighted by atomic mass is 9.79. The number of carbonyl (C=O) groups excluding carboxylic acids is 1. The molecule has 3 nitrogen and oxygen atoms in total. The van der Waals surface area contributed by atoms with Crippen LogP contribution in [0.2, 0.25) is 0 Å². The molecule has 1 aliphatic rings. The van der Waals surface area contributed by atoms with Crippen LogP contribution in [0.5, 0.6) is 0 Å². The Morgan fingerprint density at radius 2 is 1.84 bits per heavy atom. The van der Waals surface area contributed by atoms with Gasteiger partial charge < -0.3 is 9.64 Å². The lowest BCUT2D eigenvalue weighted by molar-refractivity contribution is -0.155. The number of carbonyl (C=O) groups is 1. The molecule has 1 aromatic rings. The van der Waals surface area contributed by atoms with Crippen molar-refractivity contribution >= 4 is 5.97 Å². The SMILES string of the molecule is CCN(CC)[C@H]1C[C@H](C(=O)OCc2ccccc2)C1. The predicted molar refractivity (Wildman–Crippen MR) is 75.7 cm³/mol. The lowest BCUT2D eigenvalue weighted by Gasteiger charge is -2.40. The number of hydrogen-bond donors (Lipinski definition) is 0. The van der Waals surface area contributed by atoms with Gasteiger partial charge in [-0.2, -0.15) is 0 Å². The predicted octanol–water partition coefficient (Wildman–Crippen LogP) is 2.85. The smallest absolute Gasteiger partial charge is 0.309 e. The van der Waals surface area contributed by atoms with Crippen molar-refractivity contribution in [2.24, 2.45) is 5.92 Å². The van der Waals surface area contributed by atoms with E-state index in [4.69, 9.17) is 4.74 Å². The summed E-state index contributed by atoms with van der Waals surface area (Å²) in [5.41, 5.74) is 1.05. The average Bonchev–Trinajstić information content (AvgIpc) is 2.40. The summed E-state index contributed by atoms with van der Waals surface area (Å²) >= 11 is 0. The molecule has 0 radical (unpaired) electrons. The fourth-order valence-corrected chi connectivity index (χ4v) is 2.66. The Labute approximate surface area is 115 Å². The van der Waals surface area contributed by atoms with Crippen LogP contribution in [-0.4, -0.2) is 30.0 Å². The van der Waals surface area contributed by atoms with E-state index in [0.717, 1.165) is 31.5 Å². The minimum absolute atomic E-state index is 0.0349. The van der Waals surface area contributed by atoms with E-state index in [2.05, 4.69) is 18.7 Å². The first-order valence-electron chi connectivity index (χ1n) is 7.19. The summed E-state index contributed by atoms with van der Waals surface area (Å²) in [7, 11) is 0. The summed E-state index contributed by atoms with van der Waals surface area (Å²) in [6.45, 7) is 6.86. The van der Waals surface area contributed by atoms with Gasteiger partial charge in [-0.15, -0.1) is 0 Å². The van der Waals surface area contributed by atoms with Crippen molar-refractivity contribution < 1.29 is 9.53 Å². The molecule has 2 rings (SSSR count). The van der Waals surface area contributed by atoms with Crippen molar-refractivity contribution in [3.05, 3.63) is 35.9 Å². The minimum atomic E-state index is -0.0349. The van der Waals surface area contributed by atoms with E-state index in [1.165, 1.54) is 0 Å². The Hall–Kier alpha value is -1.35. The Kier molecular flexibility index (Phi) is 4.97. The molecule has 0 heterocycles. The maximum atomic E-state index is 11.9. The van der Waals surface area contributed by atoms with Gasteiger partial charge >= 0.3 is 5.97 Å². The number of ether oxygens (including phenoxy) is 1. The van der Waals surface area contributed by atoms with Crippen LogP contribution in [0.15, 0.2) is 30.3 Å². The molecule has 1 saturated carbocycles. The molecule has 104 valence electrons. The van der Waals surface area contributed by atoms with Gasteiger partial charge in [-0.1, -0.05) is 44.2 Å². The van der Waals surface area contributed by atoms with Crippen molar-refractivity contribution in [3.63, 3.8) is 0 Å². The van der Waals surface area contributed by atoms with Crippen molar-refractivity contribution in [2.75, 3.05) is 13.1 Å². The van der Waals surface area contributed by atoms with Gasteiger partial charge in [-0.25, -0.2) is 0 Å². The van der Waals surface area contributed by atoms with Gasteiger partial charge in [0.05, 0.1) is 5.92 Å². The van der Waals surface area contributed by atoms with E-state index in [0.29, 0.717) is 12.6 Å². The molecule has 1 aromatic carbocycles. The summed E-state index contributed by atoms with van der Waals surface area (Å²) in [5, 5.41) is 0. The average molecular weight is 261 g/mol. The number of esters is 1. The second-order valence-electron chi connectivity index (χ2n) is 5.14. The van der Waals surface area contributed by atoms with Crippen LogP contribution in [0, 0.1) is 5.92 Å². The van der Waals surface area contributed by atoms with E-state index in [1.807, 2.05) is 30.3 Å². The van der Waals surface area contributed by atoms with Crippen LogP contribution in [0.25, 0.3) is 0 Å². The number of rotatable bonds is 6. The van der Waals surface area contributed by atoms with Crippen molar-refractivity contribution in [1.29, 1.82) is 0 Å². The van der Waals surface area contributed by atoms with Gasteiger partial charge in [0.25, 0.3) is 0 Å². The molecule has 0 amide bonds. The van der Waals surface area contributed by atoms with Crippen LogP contribution in [-0.2, 0) is 16.1 Å². The zero-order valence-corrected chi connectivity index (χ0v) is 11.8. The molecule has 0 unspecified atom stereocenters. The van der Waals surface area contributed by atoms with Crippen LogP contribution in [0.4, 0.5) is 0 Å². The monoisotopic (exact) mass is 261 g/mol. The molecule has 0 N–H and O–H groups in total. The Morgan fingerprint density at radius 3 is 2.42 bits per heavy atom. The molecule has 1 aliphatic carbocycles. The van der Waals surface area contributed by atoms with E-state index < -0.39 is 0 Å². The van der Waals surface area contributed by atoms with Crippen molar-refractivity contribution in [2.45, 2.75) is 39.3 Å². The molecule has 0 aliphatic heterocycles. The van der Waals surface area contributed by atoms with E-state index in [1.54, 1.807) is 0 Å². The second-order valence-corrected chi connectivity index (χ2v) is 5.14. The second kappa shape index (κ2) is 6.71. The third-order valence-corrected chi connectivity index (χ3v) is 4.00. The largest absolute Gasteiger partial charge is 0.461 e. The van der Waals surface area contributed by atoms with Gasteiger partial charge in [0.1, 0.15) is 6.61 Å². The quantitative estimate of drug-likeness (QED) is 0.737. The third kappa shape index (κ3) is 3.57. The van der Waals surface area contributed by atoms with Crippen molar-refractivity contribution in [3.8, 4) is 0 Å². The Bertz CT molecular complexity index is 394. The van der Waals surface area contributed by atoms with Gasteiger partial charge in [-0.3, -0.25) is 4.79 Å². The Morgan fingerprint density at radius 1 is 1.21 bits per heavy atom. The summed E-state index contributed by atoms with van der Waals surface area (Å²) < 4.78 is 5.37. The normalized spacial score (nSPS) is 22.1. The third-order valence-electron chi connectivity index (χ3n) is 4.00. The maximum absolute atomic E-state index is 11.9. The summed E-state index contributed by atoms with van der Waals surface area (Å²) in [5.74, 6) is 0.0709. The first kappa shape index (κ1) is 14.1. The summed E-state index contributed by atoms with van der Waals surface area (Å²) in [6.07, 6.45) is 1.91. The summed E-state index contributed by atoms with van der Waals surface area (Å²) in [4.78, 5) is 14.3. The highest BCUT2D eigenvalue weighted by molar-refractivity contribution is 5.73. The molecule has 0 saturated heterocycles. The van der Waals surface area contributed by atoms with Crippen LogP contribution in [0.3, 0.4) is 0 Å². The zero-order chi connectivity index (χ0) is 13.7. The van der Waals surface area contributed by atoms with Gasteiger partial charge in [-0.05, 0) is 31.5 Å².